The second-order valence-corrected chi connectivity index (χ2v) is 9.07. The van der Waals surface area contributed by atoms with Gasteiger partial charge in [0.15, 0.2) is 5.16 Å². The van der Waals surface area contributed by atoms with Crippen molar-refractivity contribution >= 4 is 29.0 Å². The van der Waals surface area contributed by atoms with Gasteiger partial charge in [0.25, 0.3) is 0 Å². The van der Waals surface area contributed by atoms with Gasteiger partial charge in [0.1, 0.15) is 5.82 Å². The normalized spacial score (nSPS) is 16.4. The molecule has 1 atom stereocenters. The Balaban J connectivity index is 1.33. The van der Waals surface area contributed by atoms with Crippen LogP contribution in [0.3, 0.4) is 0 Å². The smallest absolute Gasteiger partial charge is 0.346 e. The van der Waals surface area contributed by atoms with E-state index in [0.29, 0.717) is 31.7 Å². The largest absolute Gasteiger partial charge is 0.353 e. The van der Waals surface area contributed by atoms with Crippen LogP contribution in [0.2, 0.25) is 0 Å². The average molecular weight is 434 g/mol. The van der Waals surface area contributed by atoms with E-state index in [0.717, 1.165) is 28.1 Å². The molecule has 4 heterocycles. The van der Waals surface area contributed by atoms with Crippen molar-refractivity contribution in [2.75, 3.05) is 5.75 Å². The summed E-state index contributed by atoms with van der Waals surface area (Å²) in [6.45, 7) is 2.90. The number of amides is 1. The van der Waals surface area contributed by atoms with Gasteiger partial charge in [-0.05, 0) is 19.8 Å². The molecule has 1 aliphatic rings. The van der Waals surface area contributed by atoms with E-state index in [1.165, 1.54) is 16.4 Å². The van der Waals surface area contributed by atoms with Gasteiger partial charge in [-0.2, -0.15) is 5.10 Å². The van der Waals surface area contributed by atoms with E-state index in [2.05, 4.69) is 20.4 Å². The van der Waals surface area contributed by atoms with Gasteiger partial charge < -0.3 is 9.88 Å². The summed E-state index contributed by atoms with van der Waals surface area (Å²) in [5.41, 5.74) is 0.751. The van der Waals surface area contributed by atoms with Crippen molar-refractivity contribution in [3.8, 4) is 0 Å². The maximum absolute atomic E-state index is 12.7. The summed E-state index contributed by atoms with van der Waals surface area (Å²) in [6.07, 6.45) is 5.72. The Morgan fingerprint density at radius 3 is 3.00 bits per heavy atom. The van der Waals surface area contributed by atoms with Crippen LogP contribution >= 0.6 is 23.1 Å². The van der Waals surface area contributed by atoms with E-state index >= 15 is 0 Å². The summed E-state index contributed by atoms with van der Waals surface area (Å²) >= 11 is 2.98. The molecule has 3 aromatic rings. The predicted molar refractivity (Wildman–Crippen MR) is 111 cm³/mol. The maximum Gasteiger partial charge on any atom is 0.346 e. The minimum Gasteiger partial charge on any atom is -0.353 e. The minimum absolute atomic E-state index is 0.0150. The van der Waals surface area contributed by atoms with Crippen LogP contribution in [-0.4, -0.2) is 46.6 Å². The van der Waals surface area contributed by atoms with Crippen LogP contribution in [0.1, 0.15) is 29.4 Å². The third-order valence-corrected chi connectivity index (χ3v) is 6.75. The lowest BCUT2D eigenvalue weighted by Gasteiger charge is -2.15. The fraction of sp³-hybridized carbons (Fsp3) is 0.500. The molecule has 4 rings (SSSR count). The van der Waals surface area contributed by atoms with Gasteiger partial charge in [0, 0.05) is 43.8 Å². The van der Waals surface area contributed by atoms with E-state index in [4.69, 9.17) is 0 Å². The van der Waals surface area contributed by atoms with Crippen LogP contribution < -0.4 is 11.0 Å². The molecule has 0 spiro atoms. The zero-order valence-corrected chi connectivity index (χ0v) is 18.0. The number of nitrogens with zero attached hydrogens (tertiary/aromatic N) is 6. The second kappa shape index (κ2) is 8.54. The van der Waals surface area contributed by atoms with Crippen molar-refractivity contribution in [2.45, 2.75) is 50.5 Å². The molecule has 1 N–H and O–H groups in total. The summed E-state index contributed by atoms with van der Waals surface area (Å²) in [5.74, 6) is 1.09. The lowest BCUT2D eigenvalue weighted by Crippen LogP contribution is -2.37. The number of thiazole rings is 1. The first-order valence-corrected chi connectivity index (χ1v) is 11.3. The van der Waals surface area contributed by atoms with Crippen LogP contribution in [0.5, 0.6) is 0 Å². The van der Waals surface area contributed by atoms with Crippen LogP contribution in [0.25, 0.3) is 0 Å². The van der Waals surface area contributed by atoms with Gasteiger partial charge in [0.05, 0.1) is 23.0 Å². The molecule has 1 aliphatic heterocycles. The Morgan fingerprint density at radius 2 is 2.28 bits per heavy atom. The van der Waals surface area contributed by atoms with Crippen molar-refractivity contribution < 1.29 is 4.79 Å². The number of hydrogen-bond donors (Lipinski definition) is 1. The molecule has 0 aromatic carbocycles. The molecule has 1 unspecified atom stereocenters. The summed E-state index contributed by atoms with van der Waals surface area (Å²) in [4.78, 5) is 33.6. The average Bonchev–Trinajstić information content (AvgIpc) is 3.33. The summed E-state index contributed by atoms with van der Waals surface area (Å²) in [6, 6.07) is 0.0419. The number of aryl methyl sites for hydroxylation is 3. The number of carbonyl (C=O) groups is 1. The van der Waals surface area contributed by atoms with Gasteiger partial charge in [-0.3, -0.25) is 9.36 Å². The molecular formula is C18H23N7O2S2. The Morgan fingerprint density at radius 1 is 1.41 bits per heavy atom. The van der Waals surface area contributed by atoms with Crippen LogP contribution in [0, 0.1) is 6.92 Å². The highest BCUT2D eigenvalue weighted by Crippen LogP contribution is 2.16. The molecule has 0 aliphatic carbocycles. The minimum atomic E-state index is -0.108. The lowest BCUT2D eigenvalue weighted by atomic mass is 10.1. The summed E-state index contributed by atoms with van der Waals surface area (Å²) in [7, 11) is 1.91. The monoisotopic (exact) mass is 433 g/mol. The van der Waals surface area contributed by atoms with Crippen LogP contribution in [-0.2, 0) is 31.4 Å². The second-order valence-electron chi connectivity index (χ2n) is 7.07. The fourth-order valence-corrected chi connectivity index (χ4v) is 4.75. The number of nitrogens with one attached hydrogen (secondary N) is 1. The van der Waals surface area contributed by atoms with E-state index in [-0.39, 0.29) is 17.6 Å². The van der Waals surface area contributed by atoms with E-state index in [1.807, 2.05) is 30.1 Å². The highest BCUT2D eigenvalue weighted by Gasteiger charge is 2.22. The number of fused-ring (bicyclic) bond motifs is 1. The first-order chi connectivity index (χ1) is 14.0. The van der Waals surface area contributed by atoms with E-state index in [1.54, 1.807) is 22.1 Å². The van der Waals surface area contributed by atoms with E-state index < -0.39 is 0 Å². The number of thioether (sulfide) groups is 1. The zero-order chi connectivity index (χ0) is 20.4. The Bertz CT molecular complexity index is 1060. The van der Waals surface area contributed by atoms with Crippen molar-refractivity contribution in [3.63, 3.8) is 0 Å². The van der Waals surface area contributed by atoms with Gasteiger partial charge >= 0.3 is 5.69 Å². The van der Waals surface area contributed by atoms with E-state index in [9.17, 15) is 9.59 Å². The Kier molecular flexibility index (Phi) is 5.86. The zero-order valence-electron chi connectivity index (χ0n) is 16.4. The van der Waals surface area contributed by atoms with Crippen LogP contribution in [0.4, 0.5) is 0 Å². The molecule has 0 saturated carbocycles. The highest BCUT2D eigenvalue weighted by molar-refractivity contribution is 7.99. The maximum atomic E-state index is 12.7. The summed E-state index contributed by atoms with van der Waals surface area (Å²) < 4.78 is 5.11. The SMILES string of the molecule is Cc1nc(Cn2nc3n(c2=O)CCC(NC(=O)CSc2nccn2C)CC3)cs1. The van der Waals surface area contributed by atoms with Crippen molar-refractivity contribution in [3.05, 3.63) is 44.8 Å². The Labute approximate surface area is 176 Å². The highest BCUT2D eigenvalue weighted by atomic mass is 32.2. The molecular weight excluding hydrogens is 410 g/mol. The lowest BCUT2D eigenvalue weighted by molar-refractivity contribution is -0.119. The fourth-order valence-electron chi connectivity index (χ4n) is 3.40. The molecule has 0 fully saturated rings. The molecule has 11 heteroatoms. The van der Waals surface area contributed by atoms with Crippen molar-refractivity contribution in [1.82, 2.24) is 34.2 Å². The number of aromatic nitrogens is 6. The number of rotatable bonds is 6. The molecule has 0 saturated heterocycles. The molecule has 0 radical (unpaired) electrons. The predicted octanol–water partition coefficient (Wildman–Crippen LogP) is 1.20. The van der Waals surface area contributed by atoms with Gasteiger partial charge in [-0.25, -0.2) is 19.4 Å². The van der Waals surface area contributed by atoms with Gasteiger partial charge in [0.2, 0.25) is 5.91 Å². The number of carbonyl (C=O) groups excluding carboxylic acids is 1. The summed E-state index contributed by atoms with van der Waals surface area (Å²) in [5, 5.41) is 11.4. The van der Waals surface area contributed by atoms with Crippen molar-refractivity contribution in [2.24, 2.45) is 7.05 Å². The quantitative estimate of drug-likeness (QED) is 0.587. The molecule has 29 heavy (non-hydrogen) atoms. The van der Waals surface area contributed by atoms with Gasteiger partial charge in [-0.1, -0.05) is 11.8 Å². The van der Waals surface area contributed by atoms with Crippen molar-refractivity contribution in [1.29, 1.82) is 0 Å². The first-order valence-electron chi connectivity index (χ1n) is 9.46. The number of imidazole rings is 1. The van der Waals surface area contributed by atoms with Gasteiger partial charge in [-0.15, -0.1) is 11.3 Å². The molecule has 154 valence electrons. The third-order valence-electron chi connectivity index (χ3n) is 4.87. The standard InChI is InChI=1S/C18H23N7O2S2/c1-12-20-14(10-28-12)9-25-18(27)24-7-5-13(3-4-15(24)22-25)21-16(26)11-29-17-19-6-8-23(17)2/h6,8,10,13H,3-5,7,9,11H2,1-2H3,(H,21,26). The van der Waals surface area contributed by atoms with Crippen LogP contribution in [0.15, 0.2) is 27.7 Å². The molecule has 0 bridgehead atoms. The Hall–Kier alpha value is -2.40. The molecule has 9 nitrogen and oxygen atoms in total. The topological polar surface area (TPSA) is 99.6 Å². The number of hydrogen-bond acceptors (Lipinski definition) is 7. The third kappa shape index (κ3) is 4.61. The molecule has 1 amide bonds. The molecule has 3 aromatic heterocycles. The first kappa shape index (κ1) is 19.9.